The van der Waals surface area contributed by atoms with E-state index in [9.17, 15) is 19.7 Å². The highest BCUT2D eigenvalue weighted by Gasteiger charge is 2.30. The Morgan fingerprint density at radius 3 is 2.22 bits per heavy atom. The number of carbonyl (C=O) groups excluding carboxylic acids is 2. The lowest BCUT2D eigenvalue weighted by atomic mass is 10.0. The summed E-state index contributed by atoms with van der Waals surface area (Å²) in [4.78, 5) is 39.1. The molecule has 3 aromatic rings. The first-order valence-corrected chi connectivity index (χ1v) is 13.5. The summed E-state index contributed by atoms with van der Waals surface area (Å²) in [5.41, 5.74) is 4.01. The van der Waals surface area contributed by atoms with Crippen molar-refractivity contribution in [3.05, 3.63) is 111 Å². The van der Waals surface area contributed by atoms with Crippen LogP contribution in [-0.2, 0) is 28.3 Å². The second kappa shape index (κ2) is 14.2. The van der Waals surface area contributed by atoms with Gasteiger partial charge in [0.15, 0.2) is 0 Å². The number of nitro benzene ring substituents is 1. The zero-order chi connectivity index (χ0) is 26.6. The SMILES string of the molecule is CCCNC(=O)C(Cc1ccccc1)N(Cc1ccc(C)cc1)C(=O)CSCc1ccc([N+](=O)[O-])cc1. The van der Waals surface area contributed by atoms with E-state index in [1.54, 1.807) is 17.0 Å². The lowest BCUT2D eigenvalue weighted by Crippen LogP contribution is -2.51. The molecule has 8 heteroatoms. The van der Waals surface area contributed by atoms with Crippen molar-refractivity contribution in [2.45, 2.75) is 45.0 Å². The minimum Gasteiger partial charge on any atom is -0.354 e. The normalized spacial score (nSPS) is 11.5. The van der Waals surface area contributed by atoms with Crippen LogP contribution in [0.5, 0.6) is 0 Å². The number of amides is 2. The third kappa shape index (κ3) is 8.75. The molecule has 0 aliphatic heterocycles. The van der Waals surface area contributed by atoms with Gasteiger partial charge in [0.25, 0.3) is 5.69 Å². The molecule has 0 saturated heterocycles. The fourth-order valence-electron chi connectivity index (χ4n) is 3.86. The predicted octanol–water partition coefficient (Wildman–Crippen LogP) is 5.30. The summed E-state index contributed by atoms with van der Waals surface area (Å²) in [5.74, 6) is 0.439. The number of hydrogen-bond acceptors (Lipinski definition) is 5. The fourth-order valence-corrected chi connectivity index (χ4v) is 4.73. The molecule has 0 spiro atoms. The van der Waals surface area contributed by atoms with Crippen LogP contribution in [0, 0.1) is 17.0 Å². The summed E-state index contributed by atoms with van der Waals surface area (Å²) in [6.45, 7) is 4.88. The monoisotopic (exact) mass is 519 g/mol. The summed E-state index contributed by atoms with van der Waals surface area (Å²) < 4.78 is 0. The van der Waals surface area contributed by atoms with Gasteiger partial charge in [-0.3, -0.25) is 19.7 Å². The average molecular weight is 520 g/mol. The topological polar surface area (TPSA) is 92.6 Å². The molecule has 194 valence electrons. The van der Waals surface area contributed by atoms with Crippen molar-refractivity contribution in [2.24, 2.45) is 0 Å². The van der Waals surface area contributed by atoms with E-state index >= 15 is 0 Å². The summed E-state index contributed by atoms with van der Waals surface area (Å²) in [7, 11) is 0. The number of thioether (sulfide) groups is 1. The van der Waals surface area contributed by atoms with E-state index in [0.29, 0.717) is 25.3 Å². The number of nitrogens with one attached hydrogen (secondary N) is 1. The van der Waals surface area contributed by atoms with Crippen molar-refractivity contribution in [1.29, 1.82) is 0 Å². The molecular formula is C29H33N3O4S. The van der Waals surface area contributed by atoms with Gasteiger partial charge in [-0.15, -0.1) is 11.8 Å². The molecular weight excluding hydrogens is 486 g/mol. The van der Waals surface area contributed by atoms with Crippen LogP contribution >= 0.6 is 11.8 Å². The Bertz CT molecular complexity index is 1170. The Morgan fingerprint density at radius 2 is 1.59 bits per heavy atom. The molecule has 3 aromatic carbocycles. The van der Waals surface area contributed by atoms with Gasteiger partial charge in [0.05, 0.1) is 10.7 Å². The van der Waals surface area contributed by atoms with E-state index in [-0.39, 0.29) is 23.3 Å². The Morgan fingerprint density at radius 1 is 0.946 bits per heavy atom. The first kappa shape index (κ1) is 27.9. The van der Waals surface area contributed by atoms with E-state index in [2.05, 4.69) is 5.32 Å². The van der Waals surface area contributed by atoms with Crippen LogP contribution in [-0.4, -0.2) is 40.0 Å². The van der Waals surface area contributed by atoms with Gasteiger partial charge in [0, 0.05) is 37.4 Å². The minimum atomic E-state index is -0.650. The molecule has 0 aliphatic carbocycles. The van der Waals surface area contributed by atoms with Crippen molar-refractivity contribution in [1.82, 2.24) is 10.2 Å². The molecule has 2 amide bonds. The third-order valence-corrected chi connectivity index (χ3v) is 6.92. The maximum atomic E-state index is 13.6. The van der Waals surface area contributed by atoms with Crippen LogP contribution < -0.4 is 5.32 Å². The van der Waals surface area contributed by atoms with Crippen LogP contribution in [0.15, 0.2) is 78.9 Å². The van der Waals surface area contributed by atoms with Gasteiger partial charge in [0.1, 0.15) is 6.04 Å². The smallest absolute Gasteiger partial charge is 0.269 e. The summed E-state index contributed by atoms with van der Waals surface area (Å²) in [5, 5.41) is 13.9. The predicted molar refractivity (Wildman–Crippen MR) is 148 cm³/mol. The maximum Gasteiger partial charge on any atom is 0.269 e. The maximum absolute atomic E-state index is 13.6. The molecule has 0 heterocycles. The second-order valence-electron chi connectivity index (χ2n) is 8.92. The Labute approximate surface area is 222 Å². The van der Waals surface area contributed by atoms with Gasteiger partial charge in [-0.25, -0.2) is 0 Å². The molecule has 0 fully saturated rings. The number of rotatable bonds is 13. The largest absolute Gasteiger partial charge is 0.354 e. The van der Waals surface area contributed by atoms with Gasteiger partial charge in [-0.05, 0) is 30.0 Å². The van der Waals surface area contributed by atoms with E-state index in [1.165, 1.54) is 23.9 Å². The summed E-state index contributed by atoms with van der Waals surface area (Å²) in [6, 6.07) is 23.4. The lowest BCUT2D eigenvalue weighted by molar-refractivity contribution is -0.384. The van der Waals surface area contributed by atoms with Crippen molar-refractivity contribution >= 4 is 29.3 Å². The van der Waals surface area contributed by atoms with Gasteiger partial charge < -0.3 is 10.2 Å². The second-order valence-corrected chi connectivity index (χ2v) is 9.91. The van der Waals surface area contributed by atoms with Crippen molar-refractivity contribution in [3.63, 3.8) is 0 Å². The van der Waals surface area contributed by atoms with Gasteiger partial charge in [-0.2, -0.15) is 0 Å². The van der Waals surface area contributed by atoms with E-state index in [0.717, 1.165) is 28.7 Å². The summed E-state index contributed by atoms with van der Waals surface area (Å²) in [6.07, 6.45) is 1.22. The number of nitro groups is 1. The number of carbonyl (C=O) groups is 2. The van der Waals surface area contributed by atoms with Crippen LogP contribution in [0.2, 0.25) is 0 Å². The Hall–Kier alpha value is -3.65. The number of nitrogens with zero attached hydrogens (tertiary/aromatic N) is 2. The molecule has 7 nitrogen and oxygen atoms in total. The van der Waals surface area contributed by atoms with Crippen LogP contribution in [0.3, 0.4) is 0 Å². The first-order valence-electron chi connectivity index (χ1n) is 12.3. The van der Waals surface area contributed by atoms with E-state index < -0.39 is 11.0 Å². The first-order chi connectivity index (χ1) is 17.9. The van der Waals surface area contributed by atoms with Crippen molar-refractivity contribution in [2.75, 3.05) is 12.3 Å². The molecule has 37 heavy (non-hydrogen) atoms. The molecule has 0 radical (unpaired) electrons. The molecule has 0 aliphatic rings. The zero-order valence-electron chi connectivity index (χ0n) is 21.3. The standard InChI is InChI=1S/C29H33N3O4S/c1-3-17-30-29(34)27(18-23-7-5-4-6-8-23)31(19-24-11-9-22(2)10-12-24)28(33)21-37-20-25-13-15-26(16-14-25)32(35)36/h4-16,27H,3,17-21H2,1-2H3,(H,30,34). The highest BCUT2D eigenvalue weighted by Crippen LogP contribution is 2.20. The molecule has 0 saturated carbocycles. The third-order valence-electron chi connectivity index (χ3n) is 5.94. The van der Waals surface area contributed by atoms with Crippen LogP contribution in [0.25, 0.3) is 0 Å². The highest BCUT2D eigenvalue weighted by molar-refractivity contribution is 7.99. The lowest BCUT2D eigenvalue weighted by Gasteiger charge is -2.31. The minimum absolute atomic E-state index is 0.0379. The number of benzene rings is 3. The Balaban J connectivity index is 1.80. The van der Waals surface area contributed by atoms with Crippen molar-refractivity contribution < 1.29 is 14.5 Å². The van der Waals surface area contributed by atoms with Gasteiger partial charge >= 0.3 is 0 Å². The number of hydrogen-bond donors (Lipinski definition) is 1. The fraction of sp³-hybridized carbons (Fsp3) is 0.310. The number of aryl methyl sites for hydroxylation is 1. The molecule has 1 N–H and O–H groups in total. The van der Waals surface area contributed by atoms with Crippen LogP contribution in [0.4, 0.5) is 5.69 Å². The van der Waals surface area contributed by atoms with Gasteiger partial charge in [0.2, 0.25) is 11.8 Å². The quantitative estimate of drug-likeness (QED) is 0.244. The van der Waals surface area contributed by atoms with E-state index in [1.807, 2.05) is 68.4 Å². The molecule has 3 rings (SSSR count). The zero-order valence-corrected chi connectivity index (χ0v) is 22.1. The Kier molecular flexibility index (Phi) is 10.7. The average Bonchev–Trinajstić information content (AvgIpc) is 2.91. The molecule has 1 atom stereocenters. The molecule has 0 aromatic heterocycles. The van der Waals surface area contributed by atoms with Crippen LogP contribution in [0.1, 0.15) is 35.6 Å². The number of non-ortho nitro benzene ring substituents is 1. The highest BCUT2D eigenvalue weighted by atomic mass is 32.2. The van der Waals surface area contributed by atoms with Crippen molar-refractivity contribution in [3.8, 4) is 0 Å². The summed E-state index contributed by atoms with van der Waals surface area (Å²) >= 11 is 1.43. The molecule has 0 bridgehead atoms. The van der Waals surface area contributed by atoms with E-state index in [4.69, 9.17) is 0 Å². The van der Waals surface area contributed by atoms with Gasteiger partial charge in [-0.1, -0.05) is 79.2 Å². The molecule has 1 unspecified atom stereocenters.